The molecule has 1 aromatic carbocycles. The third kappa shape index (κ3) is 2.48. The van der Waals surface area contributed by atoms with E-state index in [9.17, 15) is 4.39 Å². The molecule has 0 radical (unpaired) electrons. The third-order valence-corrected chi connectivity index (χ3v) is 3.53. The summed E-state index contributed by atoms with van der Waals surface area (Å²) in [5.74, 6) is 5.33. The molecule has 3 N–H and O–H groups in total. The van der Waals surface area contributed by atoms with Crippen molar-refractivity contribution in [3.8, 4) is 0 Å². The number of hydrogen-bond donors (Lipinski definition) is 2. The van der Waals surface area contributed by atoms with Crippen molar-refractivity contribution in [3.63, 3.8) is 0 Å². The predicted molar refractivity (Wildman–Crippen MR) is 71.5 cm³/mol. The van der Waals surface area contributed by atoms with Crippen LogP contribution in [0, 0.1) is 9.39 Å². The Morgan fingerprint density at radius 2 is 2.24 bits per heavy atom. The first-order valence-corrected chi connectivity index (χ1v) is 6.10. The number of hydrazine groups is 1. The van der Waals surface area contributed by atoms with Gasteiger partial charge in [0.15, 0.2) is 0 Å². The Morgan fingerprint density at radius 3 is 2.76 bits per heavy atom. The summed E-state index contributed by atoms with van der Waals surface area (Å²) < 4.78 is 15.6. The summed E-state index contributed by atoms with van der Waals surface area (Å²) >= 11 is 2.10. The highest BCUT2D eigenvalue weighted by Crippen LogP contribution is 2.25. The van der Waals surface area contributed by atoms with E-state index in [1.54, 1.807) is 16.9 Å². The minimum absolute atomic E-state index is 0.199. The van der Waals surface area contributed by atoms with E-state index in [0.717, 1.165) is 14.8 Å². The number of rotatable bonds is 3. The SMILES string of the molecule is Cn1nccc1C(NN)c1ccc(F)cc1I. The lowest BCUT2D eigenvalue weighted by atomic mass is 10.0. The Morgan fingerprint density at radius 1 is 1.47 bits per heavy atom. The summed E-state index contributed by atoms with van der Waals surface area (Å²) in [6.07, 6.45) is 1.70. The van der Waals surface area contributed by atoms with Crippen molar-refractivity contribution in [2.75, 3.05) is 0 Å². The summed E-state index contributed by atoms with van der Waals surface area (Å²) in [6, 6.07) is 6.32. The van der Waals surface area contributed by atoms with Crippen molar-refractivity contribution in [2.24, 2.45) is 12.9 Å². The van der Waals surface area contributed by atoms with Crippen LogP contribution in [0.15, 0.2) is 30.5 Å². The molecule has 0 saturated carbocycles. The van der Waals surface area contributed by atoms with Crippen LogP contribution in [0.2, 0.25) is 0 Å². The summed E-state index contributed by atoms with van der Waals surface area (Å²) in [5, 5.41) is 4.10. The molecule has 1 atom stereocenters. The first-order valence-electron chi connectivity index (χ1n) is 5.02. The molecule has 0 spiro atoms. The van der Waals surface area contributed by atoms with Gasteiger partial charge in [0.25, 0.3) is 0 Å². The van der Waals surface area contributed by atoms with Crippen molar-refractivity contribution in [2.45, 2.75) is 6.04 Å². The molecule has 0 aliphatic heterocycles. The van der Waals surface area contributed by atoms with Gasteiger partial charge in [0.1, 0.15) is 5.82 Å². The number of nitrogens with zero attached hydrogens (tertiary/aromatic N) is 2. The van der Waals surface area contributed by atoms with Gasteiger partial charge < -0.3 is 0 Å². The highest BCUT2D eigenvalue weighted by atomic mass is 127. The van der Waals surface area contributed by atoms with E-state index < -0.39 is 0 Å². The second kappa shape index (κ2) is 5.11. The van der Waals surface area contributed by atoms with Gasteiger partial charge in [0, 0.05) is 16.8 Å². The minimum atomic E-state index is -0.251. The van der Waals surface area contributed by atoms with Crippen molar-refractivity contribution in [1.29, 1.82) is 0 Å². The van der Waals surface area contributed by atoms with Crippen molar-refractivity contribution in [1.82, 2.24) is 15.2 Å². The smallest absolute Gasteiger partial charge is 0.124 e. The van der Waals surface area contributed by atoms with Crippen molar-refractivity contribution < 1.29 is 4.39 Å². The monoisotopic (exact) mass is 346 g/mol. The fourth-order valence-electron chi connectivity index (χ4n) is 1.74. The van der Waals surface area contributed by atoms with Gasteiger partial charge in [-0.2, -0.15) is 5.10 Å². The first kappa shape index (κ1) is 12.5. The minimum Gasteiger partial charge on any atom is -0.271 e. The van der Waals surface area contributed by atoms with E-state index in [4.69, 9.17) is 5.84 Å². The van der Waals surface area contributed by atoms with Crippen LogP contribution in [0.5, 0.6) is 0 Å². The fraction of sp³-hybridized carbons (Fsp3) is 0.182. The maximum atomic E-state index is 13.1. The van der Waals surface area contributed by atoms with Gasteiger partial charge in [-0.25, -0.2) is 9.82 Å². The van der Waals surface area contributed by atoms with E-state index in [1.807, 2.05) is 13.1 Å². The highest BCUT2D eigenvalue weighted by molar-refractivity contribution is 14.1. The van der Waals surface area contributed by atoms with E-state index >= 15 is 0 Å². The number of halogens is 2. The van der Waals surface area contributed by atoms with Crippen molar-refractivity contribution >= 4 is 22.6 Å². The van der Waals surface area contributed by atoms with Crippen LogP contribution in [0.3, 0.4) is 0 Å². The second-order valence-electron chi connectivity index (χ2n) is 3.65. The summed E-state index contributed by atoms with van der Waals surface area (Å²) in [6.45, 7) is 0. The van der Waals surface area contributed by atoms with Gasteiger partial charge in [-0.05, 0) is 46.4 Å². The quantitative estimate of drug-likeness (QED) is 0.506. The molecular formula is C11H12FIN4. The standard InChI is InChI=1S/C11H12FIN4/c1-17-10(4-5-15-17)11(16-14)8-3-2-7(12)6-9(8)13/h2-6,11,16H,14H2,1H3. The van der Waals surface area contributed by atoms with Gasteiger partial charge >= 0.3 is 0 Å². The zero-order chi connectivity index (χ0) is 12.4. The normalized spacial score (nSPS) is 12.7. The van der Waals surface area contributed by atoms with Gasteiger partial charge in [0.05, 0.1) is 11.7 Å². The number of aryl methyl sites for hydroxylation is 1. The molecule has 0 fully saturated rings. The van der Waals surface area contributed by atoms with E-state index in [-0.39, 0.29) is 11.9 Å². The largest absolute Gasteiger partial charge is 0.271 e. The van der Waals surface area contributed by atoms with E-state index in [0.29, 0.717) is 0 Å². The van der Waals surface area contributed by atoms with Crippen LogP contribution in [0.4, 0.5) is 4.39 Å². The third-order valence-electron chi connectivity index (χ3n) is 2.59. The highest BCUT2D eigenvalue weighted by Gasteiger charge is 2.18. The fourth-order valence-corrected chi connectivity index (χ4v) is 2.53. The molecule has 90 valence electrons. The van der Waals surface area contributed by atoms with Gasteiger partial charge in [0.2, 0.25) is 0 Å². The molecule has 0 aliphatic carbocycles. The zero-order valence-corrected chi connectivity index (χ0v) is 11.3. The van der Waals surface area contributed by atoms with Crippen LogP contribution in [0.25, 0.3) is 0 Å². The van der Waals surface area contributed by atoms with Gasteiger partial charge in [-0.15, -0.1) is 0 Å². The molecule has 2 rings (SSSR count). The van der Waals surface area contributed by atoms with Gasteiger partial charge in [-0.3, -0.25) is 10.5 Å². The Kier molecular flexibility index (Phi) is 3.75. The molecule has 1 unspecified atom stereocenters. The molecule has 4 nitrogen and oxygen atoms in total. The first-order chi connectivity index (χ1) is 8.13. The molecule has 0 saturated heterocycles. The van der Waals surface area contributed by atoms with Crippen LogP contribution >= 0.6 is 22.6 Å². The molecule has 0 amide bonds. The van der Waals surface area contributed by atoms with Crippen LogP contribution in [-0.2, 0) is 7.05 Å². The lowest BCUT2D eigenvalue weighted by molar-refractivity contribution is 0.569. The number of hydrogen-bond acceptors (Lipinski definition) is 3. The molecule has 6 heteroatoms. The molecule has 1 heterocycles. The lowest BCUT2D eigenvalue weighted by Gasteiger charge is -2.18. The Bertz CT molecular complexity index is 526. The Balaban J connectivity index is 2.46. The Labute approximate surface area is 112 Å². The van der Waals surface area contributed by atoms with Crippen LogP contribution in [0.1, 0.15) is 17.3 Å². The predicted octanol–water partition coefficient (Wildman–Crippen LogP) is 1.72. The lowest BCUT2D eigenvalue weighted by Crippen LogP contribution is -2.31. The topological polar surface area (TPSA) is 55.9 Å². The van der Waals surface area contributed by atoms with Crippen LogP contribution < -0.4 is 11.3 Å². The van der Waals surface area contributed by atoms with E-state index in [1.165, 1.54) is 12.1 Å². The molecule has 0 bridgehead atoms. The number of nitrogens with two attached hydrogens (primary N) is 1. The molecule has 17 heavy (non-hydrogen) atoms. The molecule has 1 aromatic heterocycles. The average Bonchev–Trinajstić information content (AvgIpc) is 2.69. The molecular weight excluding hydrogens is 334 g/mol. The summed E-state index contributed by atoms with van der Waals surface area (Å²) in [7, 11) is 1.84. The summed E-state index contributed by atoms with van der Waals surface area (Å²) in [4.78, 5) is 0. The maximum Gasteiger partial charge on any atom is 0.124 e. The molecule has 2 aromatic rings. The maximum absolute atomic E-state index is 13.1. The Hall–Kier alpha value is -0.990. The summed E-state index contributed by atoms with van der Waals surface area (Å²) in [5.41, 5.74) is 4.59. The zero-order valence-electron chi connectivity index (χ0n) is 9.19. The van der Waals surface area contributed by atoms with Crippen molar-refractivity contribution in [3.05, 3.63) is 51.1 Å². The van der Waals surface area contributed by atoms with Crippen LogP contribution in [-0.4, -0.2) is 9.78 Å². The van der Waals surface area contributed by atoms with E-state index in [2.05, 4.69) is 33.1 Å². The number of benzene rings is 1. The van der Waals surface area contributed by atoms with Gasteiger partial charge in [-0.1, -0.05) is 6.07 Å². The average molecular weight is 346 g/mol. The second-order valence-corrected chi connectivity index (χ2v) is 4.81. The molecule has 0 aliphatic rings. The number of nitrogens with one attached hydrogen (secondary N) is 1. The number of aromatic nitrogens is 2.